The first-order chi connectivity index (χ1) is 7.45. The van der Waals surface area contributed by atoms with Gasteiger partial charge in [0.1, 0.15) is 12.5 Å². The summed E-state index contributed by atoms with van der Waals surface area (Å²) < 4.78 is 5.40. The first-order valence-corrected chi connectivity index (χ1v) is 5.48. The van der Waals surface area contributed by atoms with E-state index >= 15 is 0 Å². The summed E-state index contributed by atoms with van der Waals surface area (Å²) in [7, 11) is 3.43. The van der Waals surface area contributed by atoms with Crippen LogP contribution >= 0.6 is 11.6 Å². The van der Waals surface area contributed by atoms with Gasteiger partial charge >= 0.3 is 0 Å². The first-order valence-electron chi connectivity index (χ1n) is 5.10. The standard InChI is InChI=1S/C12H18ClNO2/c1-7-8(2)12(16-5)11(14(4)6-15)9(3)10(7)13/h15H,6H2,1-5H3. The zero-order valence-corrected chi connectivity index (χ0v) is 11.1. The second kappa shape index (κ2) is 4.93. The Hall–Kier alpha value is -0.930. The molecule has 90 valence electrons. The molecule has 0 saturated heterocycles. The molecule has 0 spiro atoms. The van der Waals surface area contributed by atoms with Crippen molar-refractivity contribution in [3.05, 3.63) is 21.7 Å². The molecule has 0 aliphatic rings. The third-order valence-electron chi connectivity index (χ3n) is 2.93. The van der Waals surface area contributed by atoms with E-state index in [0.29, 0.717) is 0 Å². The van der Waals surface area contributed by atoms with Crippen LogP contribution < -0.4 is 9.64 Å². The Morgan fingerprint density at radius 2 is 1.75 bits per heavy atom. The predicted octanol–water partition coefficient (Wildman–Crippen LogP) is 2.66. The minimum atomic E-state index is -0.0734. The molecule has 1 rings (SSSR count). The number of aliphatic hydroxyl groups excluding tert-OH is 1. The minimum absolute atomic E-state index is 0.0734. The smallest absolute Gasteiger partial charge is 0.145 e. The second-order valence-electron chi connectivity index (χ2n) is 3.91. The second-order valence-corrected chi connectivity index (χ2v) is 4.29. The minimum Gasteiger partial charge on any atom is -0.494 e. The lowest BCUT2D eigenvalue weighted by Gasteiger charge is -2.25. The highest BCUT2D eigenvalue weighted by molar-refractivity contribution is 6.32. The maximum absolute atomic E-state index is 9.21. The molecule has 1 aromatic carbocycles. The van der Waals surface area contributed by atoms with Crippen LogP contribution in [0.3, 0.4) is 0 Å². The number of hydrogen-bond acceptors (Lipinski definition) is 3. The van der Waals surface area contributed by atoms with Crippen molar-refractivity contribution in [1.82, 2.24) is 0 Å². The molecule has 16 heavy (non-hydrogen) atoms. The van der Waals surface area contributed by atoms with Crippen molar-refractivity contribution in [3.8, 4) is 5.75 Å². The quantitative estimate of drug-likeness (QED) is 0.829. The van der Waals surface area contributed by atoms with Gasteiger partial charge in [-0.3, -0.25) is 0 Å². The van der Waals surface area contributed by atoms with Gasteiger partial charge in [0.05, 0.1) is 12.8 Å². The molecular weight excluding hydrogens is 226 g/mol. The zero-order chi connectivity index (χ0) is 12.5. The zero-order valence-electron chi connectivity index (χ0n) is 10.4. The van der Waals surface area contributed by atoms with Gasteiger partial charge in [0, 0.05) is 12.1 Å². The summed E-state index contributed by atoms with van der Waals surface area (Å²) in [6.45, 7) is 5.79. The van der Waals surface area contributed by atoms with Gasteiger partial charge in [0.25, 0.3) is 0 Å². The highest BCUT2D eigenvalue weighted by Crippen LogP contribution is 2.41. The Labute approximate surface area is 102 Å². The summed E-state index contributed by atoms with van der Waals surface area (Å²) in [5.74, 6) is 0.774. The molecule has 1 N–H and O–H groups in total. The average Bonchev–Trinajstić information content (AvgIpc) is 2.29. The third kappa shape index (κ3) is 1.97. The van der Waals surface area contributed by atoms with Crippen molar-refractivity contribution in [3.63, 3.8) is 0 Å². The molecule has 0 radical (unpaired) electrons. The normalized spacial score (nSPS) is 10.4. The van der Waals surface area contributed by atoms with Gasteiger partial charge in [-0.25, -0.2) is 0 Å². The van der Waals surface area contributed by atoms with Crippen molar-refractivity contribution in [2.24, 2.45) is 0 Å². The van der Waals surface area contributed by atoms with E-state index in [2.05, 4.69) is 0 Å². The topological polar surface area (TPSA) is 32.7 Å². The molecule has 0 aromatic heterocycles. The largest absolute Gasteiger partial charge is 0.494 e. The van der Waals surface area contributed by atoms with E-state index in [-0.39, 0.29) is 6.73 Å². The van der Waals surface area contributed by atoms with Gasteiger partial charge in [-0.05, 0) is 37.5 Å². The molecule has 0 atom stereocenters. The molecule has 0 heterocycles. The molecule has 0 amide bonds. The molecule has 0 aliphatic carbocycles. The summed E-state index contributed by atoms with van der Waals surface area (Å²) in [5, 5.41) is 9.94. The molecular formula is C12H18ClNO2. The summed E-state index contributed by atoms with van der Waals surface area (Å²) in [6.07, 6.45) is 0. The lowest BCUT2D eigenvalue weighted by Crippen LogP contribution is -2.20. The Morgan fingerprint density at radius 1 is 1.19 bits per heavy atom. The maximum Gasteiger partial charge on any atom is 0.145 e. The van der Waals surface area contributed by atoms with Gasteiger partial charge in [0.2, 0.25) is 0 Å². The number of aliphatic hydroxyl groups is 1. The highest BCUT2D eigenvalue weighted by atomic mass is 35.5. The summed E-state index contributed by atoms with van der Waals surface area (Å²) >= 11 is 6.25. The molecule has 0 aliphatic heterocycles. The molecule has 3 nitrogen and oxygen atoms in total. The number of ether oxygens (including phenoxy) is 1. The van der Waals surface area contributed by atoms with Crippen LogP contribution in [0.5, 0.6) is 5.75 Å². The fraction of sp³-hybridized carbons (Fsp3) is 0.500. The van der Waals surface area contributed by atoms with Crippen LogP contribution in [0.15, 0.2) is 0 Å². The maximum atomic E-state index is 9.21. The van der Waals surface area contributed by atoms with Crippen LogP contribution in [0.4, 0.5) is 5.69 Å². The lowest BCUT2D eigenvalue weighted by atomic mass is 10.0. The lowest BCUT2D eigenvalue weighted by molar-refractivity contribution is 0.296. The van der Waals surface area contributed by atoms with Crippen LogP contribution in [0, 0.1) is 20.8 Å². The Balaban J connectivity index is 3.57. The number of halogens is 1. The van der Waals surface area contributed by atoms with Crippen molar-refractivity contribution >= 4 is 17.3 Å². The molecule has 0 fully saturated rings. The van der Waals surface area contributed by atoms with E-state index < -0.39 is 0 Å². The van der Waals surface area contributed by atoms with Crippen LogP contribution in [0.2, 0.25) is 5.02 Å². The average molecular weight is 244 g/mol. The van der Waals surface area contributed by atoms with Crippen molar-refractivity contribution < 1.29 is 9.84 Å². The van der Waals surface area contributed by atoms with E-state index in [1.54, 1.807) is 19.1 Å². The van der Waals surface area contributed by atoms with E-state index in [1.165, 1.54) is 0 Å². The van der Waals surface area contributed by atoms with E-state index in [1.807, 2.05) is 20.8 Å². The number of methoxy groups -OCH3 is 1. The SMILES string of the molecule is COc1c(C)c(C)c(Cl)c(C)c1N(C)CO. The monoisotopic (exact) mass is 243 g/mol. The predicted molar refractivity (Wildman–Crippen MR) is 67.7 cm³/mol. The van der Waals surface area contributed by atoms with E-state index in [0.717, 1.165) is 33.1 Å². The van der Waals surface area contributed by atoms with Crippen LogP contribution in [-0.2, 0) is 0 Å². The van der Waals surface area contributed by atoms with Crippen molar-refractivity contribution in [1.29, 1.82) is 0 Å². The summed E-state index contributed by atoms with van der Waals surface area (Å²) in [4.78, 5) is 1.71. The molecule has 0 unspecified atom stereocenters. The van der Waals surface area contributed by atoms with Crippen molar-refractivity contribution in [2.45, 2.75) is 20.8 Å². The number of rotatable bonds is 3. The summed E-state index contributed by atoms with van der Waals surface area (Å²) in [5.41, 5.74) is 3.80. The fourth-order valence-electron chi connectivity index (χ4n) is 1.85. The summed E-state index contributed by atoms with van der Waals surface area (Å²) in [6, 6.07) is 0. The Bertz CT molecular complexity index is 405. The molecule has 0 bridgehead atoms. The van der Waals surface area contributed by atoms with Gasteiger partial charge in [-0.1, -0.05) is 11.6 Å². The van der Waals surface area contributed by atoms with Gasteiger partial charge in [-0.2, -0.15) is 0 Å². The van der Waals surface area contributed by atoms with E-state index in [9.17, 15) is 5.11 Å². The molecule has 4 heteroatoms. The number of anilines is 1. The Kier molecular flexibility index (Phi) is 4.05. The number of nitrogens with zero attached hydrogens (tertiary/aromatic N) is 1. The van der Waals surface area contributed by atoms with Gasteiger partial charge in [0.15, 0.2) is 0 Å². The van der Waals surface area contributed by atoms with Crippen molar-refractivity contribution in [2.75, 3.05) is 25.8 Å². The molecule has 1 aromatic rings. The Morgan fingerprint density at radius 3 is 2.19 bits per heavy atom. The van der Waals surface area contributed by atoms with Gasteiger partial charge < -0.3 is 14.7 Å². The molecule has 0 saturated carbocycles. The first kappa shape index (κ1) is 13.1. The fourth-order valence-corrected chi connectivity index (χ4v) is 2.08. The highest BCUT2D eigenvalue weighted by Gasteiger charge is 2.19. The van der Waals surface area contributed by atoms with Crippen LogP contribution in [-0.4, -0.2) is 26.0 Å². The number of benzene rings is 1. The van der Waals surface area contributed by atoms with Crippen LogP contribution in [0.25, 0.3) is 0 Å². The third-order valence-corrected chi connectivity index (χ3v) is 3.50. The van der Waals surface area contributed by atoms with Gasteiger partial charge in [-0.15, -0.1) is 0 Å². The number of hydrogen-bond donors (Lipinski definition) is 1. The van der Waals surface area contributed by atoms with Crippen LogP contribution in [0.1, 0.15) is 16.7 Å². The van der Waals surface area contributed by atoms with E-state index in [4.69, 9.17) is 16.3 Å².